The summed E-state index contributed by atoms with van der Waals surface area (Å²) in [6, 6.07) is 8.88. The van der Waals surface area contributed by atoms with E-state index in [1.807, 2.05) is 19.1 Å². The molecule has 0 bridgehead atoms. The van der Waals surface area contributed by atoms with Gasteiger partial charge in [-0.3, -0.25) is 14.9 Å². The molecule has 1 heterocycles. The van der Waals surface area contributed by atoms with Crippen LogP contribution in [0.3, 0.4) is 0 Å². The van der Waals surface area contributed by atoms with Gasteiger partial charge >= 0.3 is 0 Å². The first-order chi connectivity index (χ1) is 12.5. The van der Waals surface area contributed by atoms with Crippen molar-refractivity contribution in [3.63, 3.8) is 0 Å². The van der Waals surface area contributed by atoms with Crippen molar-refractivity contribution in [1.82, 2.24) is 5.32 Å². The first-order valence-electron chi connectivity index (χ1n) is 8.10. The van der Waals surface area contributed by atoms with E-state index in [0.717, 1.165) is 12.0 Å². The summed E-state index contributed by atoms with van der Waals surface area (Å²) in [7, 11) is 0. The Labute approximate surface area is 155 Å². The van der Waals surface area contributed by atoms with Crippen molar-refractivity contribution < 1.29 is 19.2 Å². The quantitative estimate of drug-likeness (QED) is 0.645. The fourth-order valence-electron chi connectivity index (χ4n) is 2.61. The van der Waals surface area contributed by atoms with Crippen LogP contribution in [-0.4, -0.2) is 24.0 Å². The highest BCUT2D eigenvalue weighted by Crippen LogP contribution is 2.32. The normalized spacial score (nSPS) is 14.2. The summed E-state index contributed by atoms with van der Waals surface area (Å²) in [5, 5.41) is 13.9. The van der Waals surface area contributed by atoms with Crippen LogP contribution in [0.25, 0.3) is 0 Å². The number of nitrogens with one attached hydrogen (secondary N) is 1. The smallest absolute Gasteiger partial charge is 0.270 e. The number of ether oxygens (including phenoxy) is 2. The van der Waals surface area contributed by atoms with E-state index in [0.29, 0.717) is 24.7 Å². The number of amides is 1. The van der Waals surface area contributed by atoms with Crippen molar-refractivity contribution in [3.05, 3.63) is 62.7 Å². The van der Waals surface area contributed by atoms with Crippen molar-refractivity contribution in [1.29, 1.82) is 0 Å². The number of benzene rings is 2. The molecule has 0 saturated heterocycles. The molecule has 3 rings (SSSR count). The summed E-state index contributed by atoms with van der Waals surface area (Å²) in [5.41, 5.74) is 0.689. The summed E-state index contributed by atoms with van der Waals surface area (Å²) in [6.45, 7) is 2.98. The first kappa shape index (κ1) is 18.0. The van der Waals surface area contributed by atoms with Gasteiger partial charge in [0.1, 0.15) is 0 Å². The summed E-state index contributed by atoms with van der Waals surface area (Å²) in [4.78, 5) is 22.8. The molecule has 1 N–H and O–H groups in total. The number of non-ortho nitro benzene ring substituents is 1. The molecule has 0 fully saturated rings. The van der Waals surface area contributed by atoms with E-state index in [1.165, 1.54) is 18.2 Å². The lowest BCUT2D eigenvalue weighted by atomic mass is 10.1. The SMILES string of the molecule is CC(NC(=O)c1cc([N+](=O)[O-])ccc1Cl)c1ccc2c(c1)OCCCO2. The van der Waals surface area contributed by atoms with Gasteiger partial charge in [-0.05, 0) is 30.7 Å². The van der Waals surface area contributed by atoms with E-state index in [1.54, 1.807) is 6.07 Å². The lowest BCUT2D eigenvalue weighted by Crippen LogP contribution is -2.27. The summed E-state index contributed by atoms with van der Waals surface area (Å²) >= 11 is 6.02. The number of carbonyl (C=O) groups is 1. The first-order valence-corrected chi connectivity index (χ1v) is 8.48. The lowest BCUT2D eigenvalue weighted by molar-refractivity contribution is -0.384. The molecule has 0 spiro atoms. The van der Waals surface area contributed by atoms with E-state index in [2.05, 4.69) is 5.32 Å². The fraction of sp³-hybridized carbons (Fsp3) is 0.278. The molecule has 1 aliphatic rings. The van der Waals surface area contributed by atoms with Crippen molar-refractivity contribution in [2.45, 2.75) is 19.4 Å². The van der Waals surface area contributed by atoms with E-state index >= 15 is 0 Å². The minimum Gasteiger partial charge on any atom is -0.490 e. The topological polar surface area (TPSA) is 90.7 Å². The Bertz CT molecular complexity index is 855. The average Bonchev–Trinajstić information content (AvgIpc) is 2.86. The van der Waals surface area contributed by atoms with Crippen LogP contribution in [0.2, 0.25) is 5.02 Å². The maximum atomic E-state index is 12.5. The van der Waals surface area contributed by atoms with Gasteiger partial charge in [0.15, 0.2) is 11.5 Å². The Balaban J connectivity index is 1.78. The molecule has 0 aliphatic carbocycles. The van der Waals surface area contributed by atoms with Gasteiger partial charge in [0.25, 0.3) is 11.6 Å². The predicted molar refractivity (Wildman–Crippen MR) is 96.0 cm³/mol. The zero-order valence-corrected chi connectivity index (χ0v) is 14.8. The summed E-state index contributed by atoms with van der Waals surface area (Å²) in [6.07, 6.45) is 0.807. The highest BCUT2D eigenvalue weighted by Gasteiger charge is 2.19. The zero-order chi connectivity index (χ0) is 18.7. The Morgan fingerprint density at radius 2 is 1.92 bits per heavy atom. The van der Waals surface area contributed by atoms with Crippen molar-refractivity contribution >= 4 is 23.2 Å². The van der Waals surface area contributed by atoms with Crippen molar-refractivity contribution in [2.24, 2.45) is 0 Å². The van der Waals surface area contributed by atoms with Crippen LogP contribution in [0, 0.1) is 10.1 Å². The van der Waals surface area contributed by atoms with Gasteiger partial charge in [-0.2, -0.15) is 0 Å². The number of hydrogen-bond acceptors (Lipinski definition) is 5. The molecule has 0 aromatic heterocycles. The Morgan fingerprint density at radius 3 is 2.65 bits per heavy atom. The van der Waals surface area contributed by atoms with Gasteiger partial charge in [0, 0.05) is 18.6 Å². The van der Waals surface area contributed by atoms with E-state index < -0.39 is 10.8 Å². The van der Waals surface area contributed by atoms with Gasteiger partial charge in [0.2, 0.25) is 0 Å². The number of nitrogens with zero attached hydrogens (tertiary/aromatic N) is 1. The molecular weight excluding hydrogens is 360 g/mol. The van der Waals surface area contributed by atoms with Gasteiger partial charge in [-0.1, -0.05) is 17.7 Å². The van der Waals surface area contributed by atoms with E-state index in [-0.39, 0.29) is 22.3 Å². The third-order valence-corrected chi connectivity index (χ3v) is 4.35. The lowest BCUT2D eigenvalue weighted by Gasteiger charge is -2.17. The molecular formula is C18H17ClN2O5. The number of rotatable bonds is 4. The number of nitro benzene ring substituents is 1. The summed E-state index contributed by atoms with van der Waals surface area (Å²) < 4.78 is 11.2. The predicted octanol–water partition coefficient (Wildman–Crippen LogP) is 3.90. The van der Waals surface area contributed by atoms with Gasteiger partial charge in [-0.15, -0.1) is 0 Å². The highest BCUT2D eigenvalue weighted by atomic mass is 35.5. The number of halogens is 1. The number of fused-ring (bicyclic) bond motifs is 1. The standard InChI is InChI=1S/C18H17ClN2O5/c1-11(12-3-6-16-17(9-12)26-8-2-7-25-16)20-18(22)14-10-13(21(23)24)4-5-15(14)19/h3-6,9-11H,2,7-8H2,1H3,(H,20,22). The Kier molecular flexibility index (Phi) is 5.27. The van der Waals surface area contributed by atoms with Crippen molar-refractivity contribution in [3.8, 4) is 11.5 Å². The molecule has 0 radical (unpaired) electrons. The molecule has 26 heavy (non-hydrogen) atoms. The maximum absolute atomic E-state index is 12.5. The van der Waals surface area contributed by atoms with Crippen LogP contribution >= 0.6 is 11.6 Å². The van der Waals surface area contributed by atoms with Gasteiger partial charge < -0.3 is 14.8 Å². The van der Waals surface area contributed by atoms with Crippen LogP contribution < -0.4 is 14.8 Å². The molecule has 7 nitrogen and oxygen atoms in total. The van der Waals surface area contributed by atoms with Crippen LogP contribution in [0.15, 0.2) is 36.4 Å². The molecule has 136 valence electrons. The Morgan fingerprint density at radius 1 is 1.19 bits per heavy atom. The van der Waals surface area contributed by atoms with Crippen LogP contribution in [0.4, 0.5) is 5.69 Å². The maximum Gasteiger partial charge on any atom is 0.270 e. The highest BCUT2D eigenvalue weighted by molar-refractivity contribution is 6.33. The fourth-order valence-corrected chi connectivity index (χ4v) is 2.81. The molecule has 1 amide bonds. The third-order valence-electron chi connectivity index (χ3n) is 4.02. The van der Waals surface area contributed by atoms with Crippen LogP contribution in [0.5, 0.6) is 11.5 Å². The van der Waals surface area contributed by atoms with E-state index in [9.17, 15) is 14.9 Å². The second-order valence-electron chi connectivity index (χ2n) is 5.87. The van der Waals surface area contributed by atoms with E-state index in [4.69, 9.17) is 21.1 Å². The number of carbonyl (C=O) groups excluding carboxylic acids is 1. The third kappa shape index (κ3) is 3.88. The monoisotopic (exact) mass is 376 g/mol. The molecule has 0 saturated carbocycles. The van der Waals surface area contributed by atoms with Gasteiger partial charge in [-0.25, -0.2) is 0 Å². The molecule has 2 aromatic rings. The Hall–Kier alpha value is -2.80. The molecule has 2 aromatic carbocycles. The minimum atomic E-state index is -0.569. The molecule has 8 heteroatoms. The molecule has 1 atom stereocenters. The zero-order valence-electron chi connectivity index (χ0n) is 14.0. The second kappa shape index (κ2) is 7.61. The largest absolute Gasteiger partial charge is 0.490 e. The molecule has 1 unspecified atom stereocenters. The van der Waals surface area contributed by atoms with Crippen molar-refractivity contribution in [2.75, 3.05) is 13.2 Å². The summed E-state index contributed by atoms with van der Waals surface area (Å²) in [5.74, 6) is 0.819. The second-order valence-corrected chi connectivity index (χ2v) is 6.28. The van der Waals surface area contributed by atoms with Crippen LogP contribution in [0.1, 0.15) is 35.3 Å². The van der Waals surface area contributed by atoms with Crippen LogP contribution in [-0.2, 0) is 0 Å². The minimum absolute atomic E-state index is 0.0575. The average molecular weight is 377 g/mol. The van der Waals surface area contributed by atoms with Gasteiger partial charge in [0.05, 0.1) is 34.8 Å². The number of hydrogen-bond donors (Lipinski definition) is 1. The molecule has 1 aliphatic heterocycles. The number of nitro groups is 1.